The first-order valence-corrected chi connectivity index (χ1v) is 8.66. The smallest absolute Gasteiger partial charge is 0.373 e. The number of carbonyl (C=O) groups excluding carboxylic acids is 1. The second kappa shape index (κ2) is 6.71. The van der Waals surface area contributed by atoms with Gasteiger partial charge in [0.1, 0.15) is 10.7 Å². The molecule has 9 heteroatoms. The molecule has 1 fully saturated rings. The quantitative estimate of drug-likeness (QED) is 0.771. The number of carboxylic acid groups (broad SMARTS) is 1. The summed E-state index contributed by atoms with van der Waals surface area (Å²) in [6.07, 6.45) is 1.77. The van der Waals surface area contributed by atoms with Crippen molar-refractivity contribution >= 4 is 22.0 Å². The second-order valence-corrected chi connectivity index (χ2v) is 7.21. The largest absolute Gasteiger partial charge is 0.481 e. The van der Waals surface area contributed by atoms with E-state index in [9.17, 15) is 18.0 Å². The van der Waals surface area contributed by atoms with E-state index < -0.39 is 27.9 Å². The van der Waals surface area contributed by atoms with Crippen LogP contribution in [0, 0.1) is 12.8 Å². The number of esters is 1. The van der Waals surface area contributed by atoms with Crippen molar-refractivity contribution in [3.05, 3.63) is 17.6 Å². The topological polar surface area (TPSA) is 123 Å². The number of hydrogen-bond acceptors (Lipinski definition) is 6. The Kier molecular flexibility index (Phi) is 5.10. The highest BCUT2D eigenvalue weighted by Crippen LogP contribution is 2.27. The molecule has 8 nitrogen and oxygen atoms in total. The van der Waals surface area contributed by atoms with Crippen LogP contribution in [0.3, 0.4) is 0 Å². The molecule has 1 aliphatic rings. The first-order chi connectivity index (χ1) is 10.7. The predicted octanol–water partition coefficient (Wildman–Crippen LogP) is 1.30. The summed E-state index contributed by atoms with van der Waals surface area (Å²) in [4.78, 5) is 22.2. The summed E-state index contributed by atoms with van der Waals surface area (Å²) in [5, 5.41) is 8.95. The van der Waals surface area contributed by atoms with E-state index in [-0.39, 0.29) is 22.5 Å². The first-order valence-electron chi connectivity index (χ1n) is 7.18. The van der Waals surface area contributed by atoms with Crippen molar-refractivity contribution < 1.29 is 32.3 Å². The molecule has 0 bridgehead atoms. The van der Waals surface area contributed by atoms with E-state index in [4.69, 9.17) is 9.52 Å². The van der Waals surface area contributed by atoms with Gasteiger partial charge in [0.2, 0.25) is 15.8 Å². The summed E-state index contributed by atoms with van der Waals surface area (Å²) < 4.78 is 37.0. The number of methoxy groups -OCH3 is 1. The highest BCUT2D eigenvalue weighted by molar-refractivity contribution is 7.89. The van der Waals surface area contributed by atoms with Gasteiger partial charge < -0.3 is 14.3 Å². The number of nitrogens with one attached hydrogen (secondary N) is 1. The summed E-state index contributed by atoms with van der Waals surface area (Å²) in [6, 6.07) is 0.804. The van der Waals surface area contributed by atoms with Crippen molar-refractivity contribution in [3.8, 4) is 0 Å². The summed E-state index contributed by atoms with van der Waals surface area (Å²) >= 11 is 0. The number of aryl methyl sites for hydroxylation is 1. The number of hydrogen-bond donors (Lipinski definition) is 2. The minimum absolute atomic E-state index is 0.0946. The van der Waals surface area contributed by atoms with Crippen molar-refractivity contribution in [2.75, 3.05) is 7.11 Å². The predicted molar refractivity (Wildman–Crippen MR) is 78.5 cm³/mol. The minimum atomic E-state index is -3.85. The van der Waals surface area contributed by atoms with Gasteiger partial charge >= 0.3 is 11.9 Å². The third-order valence-corrected chi connectivity index (χ3v) is 5.57. The summed E-state index contributed by atoms with van der Waals surface area (Å²) in [5.74, 6) is -2.11. The van der Waals surface area contributed by atoms with Crippen LogP contribution < -0.4 is 4.72 Å². The summed E-state index contributed by atoms with van der Waals surface area (Å²) in [5.41, 5.74) is 0. The Morgan fingerprint density at radius 3 is 2.43 bits per heavy atom. The van der Waals surface area contributed by atoms with Crippen molar-refractivity contribution in [1.29, 1.82) is 0 Å². The fraction of sp³-hybridized carbons (Fsp3) is 0.571. The second-order valence-electron chi connectivity index (χ2n) is 5.53. The van der Waals surface area contributed by atoms with Crippen molar-refractivity contribution in [3.63, 3.8) is 0 Å². The zero-order valence-electron chi connectivity index (χ0n) is 12.9. The van der Waals surface area contributed by atoms with Crippen LogP contribution in [0.25, 0.3) is 0 Å². The molecule has 2 rings (SSSR count). The maximum atomic E-state index is 12.4. The van der Waals surface area contributed by atoms with Gasteiger partial charge in [-0.3, -0.25) is 4.79 Å². The van der Waals surface area contributed by atoms with Crippen LogP contribution in [0.15, 0.2) is 15.4 Å². The number of aliphatic carboxylic acids is 1. The lowest BCUT2D eigenvalue weighted by molar-refractivity contribution is -0.142. The van der Waals surface area contributed by atoms with Crippen LogP contribution in [-0.2, 0) is 19.6 Å². The lowest BCUT2D eigenvalue weighted by Crippen LogP contribution is -2.38. The molecule has 0 amide bonds. The average molecular weight is 345 g/mol. The molecule has 1 aliphatic carbocycles. The summed E-state index contributed by atoms with van der Waals surface area (Å²) in [6.45, 7) is 1.45. The minimum Gasteiger partial charge on any atom is -0.481 e. The first kappa shape index (κ1) is 17.5. The zero-order chi connectivity index (χ0) is 17.2. The molecule has 128 valence electrons. The van der Waals surface area contributed by atoms with Gasteiger partial charge in [-0.25, -0.2) is 17.9 Å². The Morgan fingerprint density at radius 1 is 1.30 bits per heavy atom. The van der Waals surface area contributed by atoms with Crippen LogP contribution in [0.2, 0.25) is 0 Å². The number of carbonyl (C=O) groups is 2. The molecule has 1 heterocycles. The molecule has 1 saturated carbocycles. The van der Waals surface area contributed by atoms with Gasteiger partial charge in [0, 0.05) is 12.1 Å². The van der Waals surface area contributed by atoms with Gasteiger partial charge in [-0.2, -0.15) is 0 Å². The van der Waals surface area contributed by atoms with E-state index in [1.54, 1.807) is 0 Å². The monoisotopic (exact) mass is 345 g/mol. The van der Waals surface area contributed by atoms with E-state index in [0.717, 1.165) is 6.07 Å². The Balaban J connectivity index is 2.10. The molecule has 1 aromatic heterocycles. The van der Waals surface area contributed by atoms with Crippen LogP contribution in [0.5, 0.6) is 0 Å². The van der Waals surface area contributed by atoms with Gasteiger partial charge in [0.15, 0.2) is 0 Å². The van der Waals surface area contributed by atoms with E-state index in [1.807, 2.05) is 0 Å². The molecule has 0 atom stereocenters. The number of ether oxygens (including phenoxy) is 1. The van der Waals surface area contributed by atoms with Crippen molar-refractivity contribution in [1.82, 2.24) is 4.72 Å². The lowest BCUT2D eigenvalue weighted by Gasteiger charge is -2.26. The average Bonchev–Trinajstić information content (AvgIpc) is 2.89. The zero-order valence-corrected chi connectivity index (χ0v) is 13.7. The standard InChI is InChI=1S/C14H19NO7S/c1-8-12(7-11(22-8)14(18)21-2)23(19,20)15-10-5-3-9(4-6-10)13(16)17/h7,9-10,15H,3-6H2,1-2H3,(H,16,17). The van der Waals surface area contributed by atoms with Gasteiger partial charge in [-0.05, 0) is 32.6 Å². The molecule has 23 heavy (non-hydrogen) atoms. The maximum absolute atomic E-state index is 12.4. The Labute approximate surface area is 133 Å². The highest BCUT2D eigenvalue weighted by Gasteiger charge is 2.31. The number of furan rings is 1. The molecular weight excluding hydrogens is 326 g/mol. The highest BCUT2D eigenvalue weighted by atomic mass is 32.2. The van der Waals surface area contributed by atoms with Crippen molar-refractivity contribution in [2.45, 2.75) is 43.5 Å². The molecule has 0 spiro atoms. The number of rotatable bonds is 5. The number of carboxylic acids is 1. The molecule has 0 aromatic carbocycles. The Morgan fingerprint density at radius 2 is 1.91 bits per heavy atom. The normalized spacial score (nSPS) is 21.8. The Bertz CT molecular complexity index is 699. The Hall–Kier alpha value is -1.87. The molecule has 0 aliphatic heterocycles. The lowest BCUT2D eigenvalue weighted by atomic mass is 9.87. The molecule has 0 unspecified atom stereocenters. The summed E-state index contributed by atoms with van der Waals surface area (Å²) in [7, 11) is -2.67. The van der Waals surface area contributed by atoms with E-state index >= 15 is 0 Å². The molecular formula is C14H19NO7S. The van der Waals surface area contributed by atoms with Crippen LogP contribution in [0.1, 0.15) is 42.0 Å². The van der Waals surface area contributed by atoms with Gasteiger partial charge in [0.25, 0.3) is 0 Å². The van der Waals surface area contributed by atoms with Gasteiger partial charge in [-0.1, -0.05) is 0 Å². The molecule has 1 aromatic rings. The molecule has 0 radical (unpaired) electrons. The van der Waals surface area contributed by atoms with Crippen LogP contribution in [-0.4, -0.2) is 38.6 Å². The number of sulfonamides is 1. The third kappa shape index (κ3) is 3.91. The van der Waals surface area contributed by atoms with E-state index in [0.29, 0.717) is 25.7 Å². The fourth-order valence-corrected chi connectivity index (χ4v) is 4.16. The fourth-order valence-electron chi connectivity index (χ4n) is 2.67. The third-order valence-electron chi connectivity index (χ3n) is 3.95. The SMILES string of the molecule is COC(=O)c1cc(S(=O)(=O)NC2CCC(C(=O)O)CC2)c(C)o1. The van der Waals surface area contributed by atoms with Gasteiger partial charge in [-0.15, -0.1) is 0 Å². The van der Waals surface area contributed by atoms with E-state index in [1.165, 1.54) is 14.0 Å². The molecule has 2 N–H and O–H groups in total. The van der Waals surface area contributed by atoms with Crippen LogP contribution >= 0.6 is 0 Å². The van der Waals surface area contributed by atoms with E-state index in [2.05, 4.69) is 9.46 Å². The molecule has 0 saturated heterocycles. The van der Waals surface area contributed by atoms with Crippen LogP contribution in [0.4, 0.5) is 0 Å². The van der Waals surface area contributed by atoms with Crippen molar-refractivity contribution in [2.24, 2.45) is 5.92 Å². The maximum Gasteiger partial charge on any atom is 0.373 e. The van der Waals surface area contributed by atoms with Gasteiger partial charge in [0.05, 0.1) is 13.0 Å².